The number of hydrogen-bond donors (Lipinski definition) is 3. The van der Waals surface area contributed by atoms with Gasteiger partial charge in [0, 0.05) is 6.42 Å². The lowest BCUT2D eigenvalue weighted by Gasteiger charge is -2.36. The lowest BCUT2D eigenvalue weighted by molar-refractivity contribution is -0.144. The Morgan fingerprint density at radius 2 is 1.89 bits per heavy atom. The summed E-state index contributed by atoms with van der Waals surface area (Å²) >= 11 is 0. The Kier molecular flexibility index (Phi) is 5.02. The standard InChI is InChI=1S/C11H18F3N3O2/c12-11(13,14)7-4-8(18)16-10(9(15)17-19)5-2-1-3-6-10/h19H,1-7H2,(H2,15,17)(H,16,18). The first-order chi connectivity index (χ1) is 8.79. The average molecular weight is 281 g/mol. The molecule has 1 aliphatic carbocycles. The summed E-state index contributed by atoms with van der Waals surface area (Å²) in [4.78, 5) is 11.6. The third kappa shape index (κ3) is 4.60. The van der Waals surface area contributed by atoms with Crippen molar-refractivity contribution in [3.8, 4) is 0 Å². The predicted octanol–water partition coefficient (Wildman–Crippen LogP) is 1.89. The van der Waals surface area contributed by atoms with Crippen LogP contribution in [0.4, 0.5) is 13.2 Å². The molecule has 8 heteroatoms. The number of carbonyl (C=O) groups is 1. The maximum Gasteiger partial charge on any atom is 0.389 e. The first-order valence-corrected chi connectivity index (χ1v) is 6.15. The number of hydrogen-bond acceptors (Lipinski definition) is 3. The third-order valence-corrected chi connectivity index (χ3v) is 3.32. The summed E-state index contributed by atoms with van der Waals surface area (Å²) in [5.41, 5.74) is 4.57. The van der Waals surface area contributed by atoms with E-state index in [2.05, 4.69) is 10.5 Å². The van der Waals surface area contributed by atoms with E-state index in [9.17, 15) is 18.0 Å². The lowest BCUT2D eigenvalue weighted by Crippen LogP contribution is -2.58. The summed E-state index contributed by atoms with van der Waals surface area (Å²) < 4.78 is 36.1. The van der Waals surface area contributed by atoms with Crippen LogP contribution in [0.3, 0.4) is 0 Å². The molecule has 5 nitrogen and oxygen atoms in total. The van der Waals surface area contributed by atoms with Crippen LogP contribution in [0.5, 0.6) is 0 Å². The minimum Gasteiger partial charge on any atom is -0.409 e. The molecule has 1 aliphatic rings. The number of carbonyl (C=O) groups excluding carboxylic acids is 1. The van der Waals surface area contributed by atoms with Crippen molar-refractivity contribution in [1.82, 2.24) is 5.32 Å². The Morgan fingerprint density at radius 3 is 2.37 bits per heavy atom. The Balaban J connectivity index is 2.65. The van der Waals surface area contributed by atoms with Crippen LogP contribution < -0.4 is 11.1 Å². The van der Waals surface area contributed by atoms with Crippen LogP contribution in [0.15, 0.2) is 5.16 Å². The molecule has 1 fully saturated rings. The summed E-state index contributed by atoms with van der Waals surface area (Å²) in [6, 6.07) is 0. The molecule has 0 heterocycles. The van der Waals surface area contributed by atoms with Gasteiger partial charge in [0.05, 0.1) is 6.42 Å². The van der Waals surface area contributed by atoms with E-state index in [4.69, 9.17) is 10.9 Å². The van der Waals surface area contributed by atoms with Crippen LogP contribution in [0.1, 0.15) is 44.9 Å². The van der Waals surface area contributed by atoms with Crippen molar-refractivity contribution in [2.24, 2.45) is 10.9 Å². The monoisotopic (exact) mass is 281 g/mol. The Hall–Kier alpha value is -1.47. The fourth-order valence-electron chi connectivity index (χ4n) is 2.28. The number of oxime groups is 1. The number of alkyl halides is 3. The highest BCUT2D eigenvalue weighted by molar-refractivity contribution is 5.94. The second-order valence-electron chi connectivity index (χ2n) is 4.79. The van der Waals surface area contributed by atoms with Crippen LogP contribution in [0.25, 0.3) is 0 Å². The summed E-state index contributed by atoms with van der Waals surface area (Å²) in [6.07, 6.45) is -2.74. The zero-order chi connectivity index (χ0) is 14.5. The third-order valence-electron chi connectivity index (χ3n) is 3.32. The molecular weight excluding hydrogens is 263 g/mol. The van der Waals surface area contributed by atoms with E-state index in [0.717, 1.165) is 19.3 Å². The minimum atomic E-state index is -4.37. The van der Waals surface area contributed by atoms with Gasteiger partial charge in [-0.1, -0.05) is 24.4 Å². The summed E-state index contributed by atoms with van der Waals surface area (Å²) in [6.45, 7) is 0. The van der Waals surface area contributed by atoms with Gasteiger partial charge in [-0.25, -0.2) is 0 Å². The number of nitrogens with one attached hydrogen (secondary N) is 1. The molecule has 0 bridgehead atoms. The molecule has 1 saturated carbocycles. The molecular formula is C11H18F3N3O2. The molecule has 0 aliphatic heterocycles. The first kappa shape index (κ1) is 15.6. The van der Waals surface area contributed by atoms with Crippen molar-refractivity contribution in [1.29, 1.82) is 0 Å². The predicted molar refractivity (Wildman–Crippen MR) is 62.7 cm³/mol. The number of nitrogens with two attached hydrogens (primary N) is 1. The molecule has 1 rings (SSSR count). The lowest BCUT2D eigenvalue weighted by atomic mass is 9.80. The van der Waals surface area contributed by atoms with Gasteiger partial charge >= 0.3 is 6.18 Å². The van der Waals surface area contributed by atoms with Crippen molar-refractivity contribution < 1.29 is 23.2 Å². The number of amides is 1. The van der Waals surface area contributed by atoms with Gasteiger partial charge < -0.3 is 16.3 Å². The maximum atomic E-state index is 12.0. The van der Waals surface area contributed by atoms with Gasteiger partial charge in [0.15, 0.2) is 5.84 Å². The molecule has 0 unspecified atom stereocenters. The molecule has 4 N–H and O–H groups in total. The highest BCUT2D eigenvalue weighted by Crippen LogP contribution is 2.29. The molecule has 110 valence electrons. The molecule has 0 spiro atoms. The molecule has 0 aromatic heterocycles. The van der Waals surface area contributed by atoms with Crippen molar-refractivity contribution in [3.05, 3.63) is 0 Å². The van der Waals surface area contributed by atoms with Crippen molar-refractivity contribution in [3.63, 3.8) is 0 Å². The van der Waals surface area contributed by atoms with Crippen molar-refractivity contribution >= 4 is 11.7 Å². The van der Waals surface area contributed by atoms with Crippen LogP contribution in [0.2, 0.25) is 0 Å². The van der Waals surface area contributed by atoms with Crippen molar-refractivity contribution in [2.75, 3.05) is 0 Å². The average Bonchev–Trinajstić information content (AvgIpc) is 2.35. The number of halogens is 3. The Bertz CT molecular complexity index is 350. The Labute approximate surface area is 109 Å². The number of amidine groups is 1. The minimum absolute atomic E-state index is 0.146. The van der Waals surface area contributed by atoms with E-state index >= 15 is 0 Å². The second-order valence-corrected chi connectivity index (χ2v) is 4.79. The fourth-order valence-corrected chi connectivity index (χ4v) is 2.28. The summed E-state index contributed by atoms with van der Waals surface area (Å²) in [5, 5.41) is 14.2. The number of rotatable bonds is 4. The zero-order valence-electron chi connectivity index (χ0n) is 10.5. The van der Waals surface area contributed by atoms with E-state index in [1.807, 2.05) is 0 Å². The van der Waals surface area contributed by atoms with Crippen LogP contribution in [-0.4, -0.2) is 28.7 Å². The van der Waals surface area contributed by atoms with E-state index < -0.39 is 30.5 Å². The molecule has 1 amide bonds. The van der Waals surface area contributed by atoms with Gasteiger partial charge in [0.25, 0.3) is 0 Å². The van der Waals surface area contributed by atoms with Gasteiger partial charge in [-0.3, -0.25) is 4.79 Å². The molecule has 0 radical (unpaired) electrons. The number of nitrogens with zero attached hydrogens (tertiary/aromatic N) is 1. The molecule has 19 heavy (non-hydrogen) atoms. The Morgan fingerprint density at radius 1 is 1.32 bits per heavy atom. The van der Waals surface area contributed by atoms with Crippen molar-refractivity contribution in [2.45, 2.75) is 56.7 Å². The maximum absolute atomic E-state index is 12.0. The van der Waals surface area contributed by atoms with E-state index in [0.29, 0.717) is 12.8 Å². The quantitative estimate of drug-likeness (QED) is 0.318. The topological polar surface area (TPSA) is 87.7 Å². The van der Waals surface area contributed by atoms with E-state index in [1.165, 1.54) is 0 Å². The van der Waals surface area contributed by atoms with Crippen LogP contribution in [0, 0.1) is 0 Å². The van der Waals surface area contributed by atoms with Gasteiger partial charge in [0.1, 0.15) is 5.54 Å². The van der Waals surface area contributed by atoms with Gasteiger partial charge in [0.2, 0.25) is 5.91 Å². The van der Waals surface area contributed by atoms with Crippen LogP contribution >= 0.6 is 0 Å². The SMILES string of the molecule is NC(=NO)C1(NC(=O)CCC(F)(F)F)CCCCC1. The molecule has 0 atom stereocenters. The van der Waals surface area contributed by atoms with E-state index in [1.54, 1.807) is 0 Å². The molecule has 0 saturated heterocycles. The molecule has 0 aromatic carbocycles. The smallest absolute Gasteiger partial charge is 0.389 e. The molecule has 0 aromatic rings. The highest BCUT2D eigenvalue weighted by Gasteiger charge is 2.38. The normalized spacial score (nSPS) is 20.1. The largest absolute Gasteiger partial charge is 0.409 e. The van der Waals surface area contributed by atoms with Crippen LogP contribution in [-0.2, 0) is 4.79 Å². The zero-order valence-corrected chi connectivity index (χ0v) is 10.5. The second kappa shape index (κ2) is 6.12. The van der Waals surface area contributed by atoms with Gasteiger partial charge in [-0.15, -0.1) is 0 Å². The van der Waals surface area contributed by atoms with E-state index in [-0.39, 0.29) is 5.84 Å². The summed E-state index contributed by atoms with van der Waals surface area (Å²) in [7, 11) is 0. The summed E-state index contributed by atoms with van der Waals surface area (Å²) in [5.74, 6) is -0.876. The first-order valence-electron chi connectivity index (χ1n) is 6.15. The fraction of sp³-hybridized carbons (Fsp3) is 0.818. The highest BCUT2D eigenvalue weighted by atomic mass is 19.4. The van der Waals surface area contributed by atoms with Gasteiger partial charge in [-0.2, -0.15) is 13.2 Å². The van der Waals surface area contributed by atoms with Gasteiger partial charge in [-0.05, 0) is 12.8 Å².